The molecule has 0 aliphatic rings. The summed E-state index contributed by atoms with van der Waals surface area (Å²) in [5.74, 6) is 0. The Balaban J connectivity index is 2.43. The molecule has 0 bridgehead atoms. The maximum Gasteiger partial charge on any atom is 0.0843 e. The highest BCUT2D eigenvalue weighted by atomic mass is 79.9. The van der Waals surface area contributed by atoms with Gasteiger partial charge in [-0.25, -0.2) is 0 Å². The first-order valence-corrected chi connectivity index (χ1v) is 7.60. The quantitative estimate of drug-likeness (QED) is 0.782. The van der Waals surface area contributed by atoms with Gasteiger partial charge in [0, 0.05) is 20.2 Å². The first-order valence-electron chi connectivity index (χ1n) is 6.05. The van der Waals surface area contributed by atoms with E-state index < -0.39 is 5.54 Å². The van der Waals surface area contributed by atoms with Crippen molar-refractivity contribution >= 4 is 44.8 Å². The summed E-state index contributed by atoms with van der Waals surface area (Å²) in [6.45, 7) is 1.76. The lowest BCUT2D eigenvalue weighted by Crippen LogP contribution is -2.36. The number of hydrogen-bond acceptors (Lipinski definition) is 2. The van der Waals surface area contributed by atoms with Gasteiger partial charge >= 0.3 is 0 Å². The molecule has 1 atom stereocenters. The van der Waals surface area contributed by atoms with E-state index in [0.717, 1.165) is 15.7 Å². The van der Waals surface area contributed by atoms with Crippen molar-refractivity contribution in [2.75, 3.05) is 11.9 Å². The minimum atomic E-state index is -0.730. The molecule has 2 nitrogen and oxygen atoms in total. The lowest BCUT2D eigenvalue weighted by atomic mass is 9.92. The highest BCUT2D eigenvalue weighted by Crippen LogP contribution is 2.35. The van der Waals surface area contributed by atoms with Gasteiger partial charge in [0.1, 0.15) is 0 Å². The van der Waals surface area contributed by atoms with Gasteiger partial charge in [0.25, 0.3) is 0 Å². The Morgan fingerprint density at radius 1 is 1.20 bits per heavy atom. The average Bonchev–Trinajstić information content (AvgIpc) is 2.44. The molecule has 2 aromatic rings. The minimum absolute atomic E-state index is 0.117. The number of benzene rings is 2. The second kappa shape index (κ2) is 6.35. The summed E-state index contributed by atoms with van der Waals surface area (Å²) in [7, 11) is 0. The van der Waals surface area contributed by atoms with Crippen LogP contribution in [0.15, 0.2) is 46.9 Å². The Labute approximate surface area is 136 Å². The van der Waals surface area contributed by atoms with Crippen LogP contribution in [0.2, 0.25) is 10.0 Å². The first-order chi connectivity index (χ1) is 9.46. The smallest absolute Gasteiger partial charge is 0.0843 e. The lowest BCUT2D eigenvalue weighted by molar-refractivity contribution is 0.224. The molecule has 106 valence electrons. The van der Waals surface area contributed by atoms with Crippen molar-refractivity contribution in [1.29, 1.82) is 0 Å². The lowest BCUT2D eigenvalue weighted by Gasteiger charge is -2.32. The van der Waals surface area contributed by atoms with Gasteiger partial charge in [-0.2, -0.15) is 0 Å². The van der Waals surface area contributed by atoms with E-state index >= 15 is 0 Å². The summed E-state index contributed by atoms with van der Waals surface area (Å²) in [4.78, 5) is 0. The molecule has 0 saturated heterocycles. The molecule has 2 aromatic carbocycles. The van der Waals surface area contributed by atoms with Gasteiger partial charge in [0.05, 0.1) is 12.1 Å². The zero-order chi connectivity index (χ0) is 14.8. The van der Waals surface area contributed by atoms with Crippen LogP contribution >= 0.6 is 39.1 Å². The van der Waals surface area contributed by atoms with Crippen molar-refractivity contribution < 1.29 is 5.11 Å². The fourth-order valence-corrected chi connectivity index (χ4v) is 2.85. The Kier molecular flexibility index (Phi) is 4.97. The fraction of sp³-hybridized carbons (Fsp3) is 0.200. The van der Waals surface area contributed by atoms with Gasteiger partial charge in [0.15, 0.2) is 0 Å². The molecule has 0 radical (unpaired) electrons. The van der Waals surface area contributed by atoms with E-state index in [-0.39, 0.29) is 6.61 Å². The summed E-state index contributed by atoms with van der Waals surface area (Å²) in [5, 5.41) is 14.3. The molecule has 0 aromatic heterocycles. The molecule has 5 heteroatoms. The molecular weight excluding hydrogens is 361 g/mol. The first kappa shape index (κ1) is 15.6. The van der Waals surface area contributed by atoms with Crippen LogP contribution in [0.4, 0.5) is 5.69 Å². The summed E-state index contributed by atoms with van der Waals surface area (Å²) in [6.07, 6.45) is 0. The van der Waals surface area contributed by atoms with E-state index in [9.17, 15) is 5.11 Å². The van der Waals surface area contributed by atoms with Crippen LogP contribution < -0.4 is 5.32 Å². The van der Waals surface area contributed by atoms with E-state index in [4.69, 9.17) is 23.2 Å². The maximum absolute atomic E-state index is 9.83. The van der Waals surface area contributed by atoms with Gasteiger partial charge in [-0.05, 0) is 58.7 Å². The van der Waals surface area contributed by atoms with Crippen LogP contribution in [0.3, 0.4) is 0 Å². The predicted octanol–water partition coefficient (Wildman–Crippen LogP) is 5.08. The summed E-state index contributed by atoms with van der Waals surface area (Å²) in [6, 6.07) is 12.9. The second-order valence-electron chi connectivity index (χ2n) is 4.72. The number of aliphatic hydroxyl groups is 1. The fourth-order valence-electron chi connectivity index (χ4n) is 1.97. The number of nitrogens with one attached hydrogen (secondary N) is 1. The zero-order valence-corrected chi connectivity index (χ0v) is 13.9. The largest absolute Gasteiger partial charge is 0.394 e. The van der Waals surface area contributed by atoms with Crippen LogP contribution in [0.5, 0.6) is 0 Å². The molecule has 0 spiro atoms. The minimum Gasteiger partial charge on any atom is -0.394 e. The number of hydrogen-bond donors (Lipinski definition) is 2. The van der Waals surface area contributed by atoms with E-state index in [0.29, 0.717) is 10.0 Å². The highest BCUT2D eigenvalue weighted by molar-refractivity contribution is 9.10. The third-order valence-corrected chi connectivity index (χ3v) is 4.38. The molecule has 0 heterocycles. The van der Waals surface area contributed by atoms with E-state index in [1.807, 2.05) is 31.2 Å². The number of rotatable bonds is 4. The molecule has 20 heavy (non-hydrogen) atoms. The maximum atomic E-state index is 9.83. The summed E-state index contributed by atoms with van der Waals surface area (Å²) >= 11 is 15.8. The standard InChI is InChI=1S/C15H14BrCl2NO/c1-15(9-20,11-8-10(17)6-7-13(11)18)19-14-5-3-2-4-12(14)16/h2-8,19-20H,9H2,1H3. The molecule has 0 saturated carbocycles. The van der Waals surface area contributed by atoms with Gasteiger partial charge in [-0.1, -0.05) is 35.3 Å². The molecule has 2 N–H and O–H groups in total. The van der Waals surface area contributed by atoms with Crippen LogP contribution in [0.25, 0.3) is 0 Å². The molecule has 0 aliphatic heterocycles. The molecule has 0 aliphatic carbocycles. The van der Waals surface area contributed by atoms with Gasteiger partial charge < -0.3 is 10.4 Å². The van der Waals surface area contributed by atoms with Gasteiger partial charge in [0.2, 0.25) is 0 Å². The Morgan fingerprint density at radius 3 is 2.55 bits per heavy atom. The van der Waals surface area contributed by atoms with E-state index in [2.05, 4.69) is 21.2 Å². The highest BCUT2D eigenvalue weighted by Gasteiger charge is 2.28. The normalized spacial score (nSPS) is 13.8. The second-order valence-corrected chi connectivity index (χ2v) is 6.42. The molecular formula is C15H14BrCl2NO. The van der Waals surface area contributed by atoms with Crippen molar-refractivity contribution in [2.45, 2.75) is 12.5 Å². The van der Waals surface area contributed by atoms with E-state index in [1.54, 1.807) is 18.2 Å². The van der Waals surface area contributed by atoms with Crippen molar-refractivity contribution in [3.8, 4) is 0 Å². The molecule has 0 amide bonds. The Morgan fingerprint density at radius 2 is 1.90 bits per heavy atom. The SMILES string of the molecule is CC(CO)(Nc1ccccc1Br)c1cc(Cl)ccc1Cl. The zero-order valence-electron chi connectivity index (χ0n) is 10.8. The molecule has 2 rings (SSSR count). The predicted molar refractivity (Wildman–Crippen MR) is 88.7 cm³/mol. The Hall–Kier alpha value is -0.740. The third-order valence-electron chi connectivity index (χ3n) is 3.12. The topological polar surface area (TPSA) is 32.3 Å². The number of anilines is 1. The van der Waals surface area contributed by atoms with Crippen LogP contribution in [-0.2, 0) is 5.54 Å². The van der Waals surface area contributed by atoms with Crippen LogP contribution in [0.1, 0.15) is 12.5 Å². The summed E-state index contributed by atoms with van der Waals surface area (Å²) in [5.41, 5.74) is 0.899. The van der Waals surface area contributed by atoms with Crippen molar-refractivity contribution in [1.82, 2.24) is 0 Å². The van der Waals surface area contributed by atoms with Crippen molar-refractivity contribution in [3.63, 3.8) is 0 Å². The monoisotopic (exact) mass is 373 g/mol. The Bertz CT molecular complexity index is 621. The van der Waals surface area contributed by atoms with Crippen molar-refractivity contribution in [3.05, 3.63) is 62.5 Å². The number of para-hydroxylation sites is 1. The molecule has 1 unspecified atom stereocenters. The average molecular weight is 375 g/mol. The van der Waals surface area contributed by atoms with Gasteiger partial charge in [-0.15, -0.1) is 0 Å². The van der Waals surface area contributed by atoms with Gasteiger partial charge in [-0.3, -0.25) is 0 Å². The van der Waals surface area contributed by atoms with Crippen LogP contribution in [-0.4, -0.2) is 11.7 Å². The van der Waals surface area contributed by atoms with Crippen molar-refractivity contribution in [2.24, 2.45) is 0 Å². The van der Waals surface area contributed by atoms with Crippen LogP contribution in [0, 0.1) is 0 Å². The number of halogens is 3. The summed E-state index contributed by atoms with van der Waals surface area (Å²) < 4.78 is 0.915. The molecule has 0 fully saturated rings. The third kappa shape index (κ3) is 3.29. The van der Waals surface area contributed by atoms with E-state index in [1.165, 1.54) is 0 Å². The number of aliphatic hydroxyl groups excluding tert-OH is 1.